The van der Waals surface area contributed by atoms with Crippen LogP contribution in [0.4, 0.5) is 10.1 Å². The lowest BCUT2D eigenvalue weighted by Gasteiger charge is -2.20. The van der Waals surface area contributed by atoms with Gasteiger partial charge in [0, 0.05) is 25.3 Å². The minimum Gasteiger partial charge on any atom is -0.394 e. The van der Waals surface area contributed by atoms with Gasteiger partial charge in [-0.3, -0.25) is 0 Å². The molecule has 78 valence electrons. The van der Waals surface area contributed by atoms with Crippen molar-refractivity contribution in [2.45, 2.75) is 6.04 Å². The van der Waals surface area contributed by atoms with Gasteiger partial charge in [0.15, 0.2) is 0 Å². The number of anilines is 1. The number of nitrogens with zero attached hydrogens (tertiary/aromatic N) is 1. The van der Waals surface area contributed by atoms with Crippen molar-refractivity contribution >= 4 is 5.69 Å². The molecule has 0 aromatic heterocycles. The van der Waals surface area contributed by atoms with Gasteiger partial charge in [0.25, 0.3) is 0 Å². The van der Waals surface area contributed by atoms with E-state index >= 15 is 0 Å². The molecule has 1 aromatic carbocycles. The number of aliphatic hydroxyl groups is 1. The van der Waals surface area contributed by atoms with Gasteiger partial charge in [-0.2, -0.15) is 0 Å². The van der Waals surface area contributed by atoms with Crippen LogP contribution in [0.15, 0.2) is 18.2 Å². The molecule has 3 nitrogen and oxygen atoms in total. The lowest BCUT2D eigenvalue weighted by molar-refractivity contribution is 0.265. The van der Waals surface area contributed by atoms with Crippen LogP contribution in [-0.4, -0.2) is 25.8 Å². The van der Waals surface area contributed by atoms with Crippen molar-refractivity contribution in [3.05, 3.63) is 29.6 Å². The first-order valence-electron chi connectivity index (χ1n) is 4.40. The molecule has 1 unspecified atom stereocenters. The summed E-state index contributed by atoms with van der Waals surface area (Å²) in [5.41, 5.74) is 6.68. The van der Waals surface area contributed by atoms with Crippen LogP contribution in [0.3, 0.4) is 0 Å². The first kappa shape index (κ1) is 10.9. The van der Waals surface area contributed by atoms with Crippen LogP contribution in [0.2, 0.25) is 0 Å². The van der Waals surface area contributed by atoms with E-state index < -0.39 is 6.04 Å². The van der Waals surface area contributed by atoms with Crippen molar-refractivity contribution in [3.8, 4) is 0 Å². The summed E-state index contributed by atoms with van der Waals surface area (Å²) >= 11 is 0. The summed E-state index contributed by atoms with van der Waals surface area (Å²) in [6.45, 7) is -0.262. The number of halogens is 1. The third kappa shape index (κ3) is 2.02. The maximum Gasteiger partial charge on any atom is 0.130 e. The molecular weight excluding hydrogens is 183 g/mol. The van der Waals surface area contributed by atoms with Gasteiger partial charge in [0.1, 0.15) is 5.82 Å². The zero-order valence-corrected chi connectivity index (χ0v) is 8.37. The normalized spacial score (nSPS) is 12.6. The van der Waals surface area contributed by atoms with Gasteiger partial charge in [-0.15, -0.1) is 0 Å². The molecule has 4 heteroatoms. The zero-order chi connectivity index (χ0) is 10.7. The van der Waals surface area contributed by atoms with Crippen molar-refractivity contribution in [1.29, 1.82) is 0 Å². The molecule has 0 saturated heterocycles. The van der Waals surface area contributed by atoms with Crippen molar-refractivity contribution in [3.63, 3.8) is 0 Å². The van der Waals surface area contributed by atoms with Crippen molar-refractivity contribution in [2.75, 3.05) is 25.6 Å². The summed E-state index contributed by atoms with van der Waals surface area (Å²) in [6.07, 6.45) is 0. The molecule has 1 aromatic rings. The molecule has 0 aliphatic rings. The van der Waals surface area contributed by atoms with E-state index in [9.17, 15) is 4.39 Å². The maximum absolute atomic E-state index is 13.4. The molecule has 0 saturated carbocycles. The molecule has 0 heterocycles. The largest absolute Gasteiger partial charge is 0.394 e. The Bertz CT molecular complexity index is 315. The number of benzene rings is 1. The number of rotatable bonds is 3. The average Bonchev–Trinajstić information content (AvgIpc) is 2.16. The van der Waals surface area contributed by atoms with Gasteiger partial charge in [-0.05, 0) is 12.1 Å². The SMILES string of the molecule is CN(C)c1cccc(F)c1C(N)CO. The van der Waals surface area contributed by atoms with E-state index in [0.717, 1.165) is 0 Å². The predicted molar refractivity (Wildman–Crippen MR) is 54.7 cm³/mol. The molecule has 0 aliphatic carbocycles. The zero-order valence-electron chi connectivity index (χ0n) is 8.37. The van der Waals surface area contributed by atoms with Crippen LogP contribution < -0.4 is 10.6 Å². The Morgan fingerprint density at radius 1 is 1.50 bits per heavy atom. The number of hydrogen-bond acceptors (Lipinski definition) is 3. The smallest absolute Gasteiger partial charge is 0.130 e. The Hall–Kier alpha value is -1.13. The molecule has 1 atom stereocenters. The van der Waals surface area contributed by atoms with Gasteiger partial charge in [-0.25, -0.2) is 4.39 Å². The summed E-state index contributed by atoms with van der Waals surface area (Å²) in [6, 6.07) is 4.07. The van der Waals surface area contributed by atoms with E-state index in [2.05, 4.69) is 0 Å². The number of nitrogens with two attached hydrogens (primary N) is 1. The molecule has 0 aliphatic heterocycles. The fraction of sp³-hybridized carbons (Fsp3) is 0.400. The standard InChI is InChI=1S/C10H15FN2O/c1-13(2)9-5-3-4-7(11)10(9)8(12)6-14/h3-5,8,14H,6,12H2,1-2H3. The third-order valence-corrected chi connectivity index (χ3v) is 2.08. The molecule has 0 radical (unpaired) electrons. The van der Waals surface area contributed by atoms with Gasteiger partial charge in [0.2, 0.25) is 0 Å². The molecule has 0 fully saturated rings. The van der Waals surface area contributed by atoms with Gasteiger partial charge < -0.3 is 15.7 Å². The molecular formula is C10H15FN2O. The van der Waals surface area contributed by atoms with Crippen LogP contribution in [0.1, 0.15) is 11.6 Å². The van der Waals surface area contributed by atoms with Crippen molar-refractivity contribution < 1.29 is 9.50 Å². The lowest BCUT2D eigenvalue weighted by atomic mass is 10.0. The second kappa shape index (κ2) is 4.39. The Balaban J connectivity index is 3.22. The molecule has 0 bridgehead atoms. The quantitative estimate of drug-likeness (QED) is 0.758. The summed E-state index contributed by atoms with van der Waals surface area (Å²) in [5.74, 6) is -0.377. The molecule has 3 N–H and O–H groups in total. The molecule has 0 amide bonds. The maximum atomic E-state index is 13.4. The van der Waals surface area contributed by atoms with Gasteiger partial charge >= 0.3 is 0 Å². The van der Waals surface area contributed by atoms with E-state index in [-0.39, 0.29) is 12.4 Å². The summed E-state index contributed by atoms with van der Waals surface area (Å²) in [7, 11) is 3.62. The lowest BCUT2D eigenvalue weighted by Crippen LogP contribution is -2.21. The van der Waals surface area contributed by atoms with E-state index in [1.54, 1.807) is 17.0 Å². The Morgan fingerprint density at radius 3 is 2.64 bits per heavy atom. The fourth-order valence-electron chi connectivity index (χ4n) is 1.37. The summed E-state index contributed by atoms with van der Waals surface area (Å²) < 4.78 is 13.4. The highest BCUT2D eigenvalue weighted by Gasteiger charge is 2.16. The van der Waals surface area contributed by atoms with Crippen LogP contribution in [0, 0.1) is 5.82 Å². The van der Waals surface area contributed by atoms with Crippen LogP contribution >= 0.6 is 0 Å². The Labute approximate surface area is 83.0 Å². The number of aliphatic hydroxyl groups excluding tert-OH is 1. The summed E-state index contributed by atoms with van der Waals surface area (Å²) in [5, 5.41) is 8.91. The fourth-order valence-corrected chi connectivity index (χ4v) is 1.37. The van der Waals surface area contributed by atoms with Crippen LogP contribution in [-0.2, 0) is 0 Å². The van der Waals surface area contributed by atoms with E-state index in [0.29, 0.717) is 11.3 Å². The first-order chi connectivity index (χ1) is 6.57. The van der Waals surface area contributed by atoms with Gasteiger partial charge in [-0.1, -0.05) is 6.07 Å². The topological polar surface area (TPSA) is 49.5 Å². The minimum absolute atomic E-state index is 0.262. The highest BCUT2D eigenvalue weighted by molar-refractivity contribution is 5.54. The second-order valence-electron chi connectivity index (χ2n) is 3.36. The summed E-state index contributed by atoms with van der Waals surface area (Å²) in [4.78, 5) is 1.77. The average molecular weight is 198 g/mol. The predicted octanol–water partition coefficient (Wildman–Crippen LogP) is 0.884. The molecule has 14 heavy (non-hydrogen) atoms. The molecule has 1 rings (SSSR count). The molecule has 0 spiro atoms. The third-order valence-electron chi connectivity index (χ3n) is 2.08. The van der Waals surface area contributed by atoms with Crippen molar-refractivity contribution in [2.24, 2.45) is 5.73 Å². The number of hydrogen-bond donors (Lipinski definition) is 2. The van der Waals surface area contributed by atoms with Crippen molar-refractivity contribution in [1.82, 2.24) is 0 Å². The van der Waals surface area contributed by atoms with E-state index in [4.69, 9.17) is 10.8 Å². The highest BCUT2D eigenvalue weighted by atomic mass is 19.1. The van der Waals surface area contributed by atoms with Crippen LogP contribution in [0.25, 0.3) is 0 Å². The highest BCUT2D eigenvalue weighted by Crippen LogP contribution is 2.26. The Kier molecular flexibility index (Phi) is 3.43. The Morgan fingerprint density at radius 2 is 2.14 bits per heavy atom. The second-order valence-corrected chi connectivity index (χ2v) is 3.36. The van der Waals surface area contributed by atoms with Crippen LogP contribution in [0.5, 0.6) is 0 Å². The van der Waals surface area contributed by atoms with Gasteiger partial charge in [0.05, 0.1) is 12.6 Å². The van der Waals surface area contributed by atoms with E-state index in [1.165, 1.54) is 6.07 Å². The monoisotopic (exact) mass is 198 g/mol. The first-order valence-corrected chi connectivity index (χ1v) is 4.40. The van der Waals surface area contributed by atoms with E-state index in [1.807, 2.05) is 14.1 Å². The minimum atomic E-state index is -0.673.